The van der Waals surface area contributed by atoms with E-state index >= 15 is 0 Å². The normalized spacial score (nSPS) is 12.1. The van der Waals surface area contributed by atoms with E-state index in [4.69, 9.17) is 11.6 Å². The topological polar surface area (TPSA) is 80.5 Å². The molecule has 0 aliphatic heterocycles. The monoisotopic (exact) mass is 320 g/mol. The maximum atomic E-state index is 12.5. The van der Waals surface area contributed by atoms with Crippen LogP contribution in [0.25, 0.3) is 0 Å². The molecule has 1 aromatic carbocycles. The summed E-state index contributed by atoms with van der Waals surface area (Å²) in [6.07, 6.45) is 0. The smallest absolute Gasteiger partial charge is 0.258 e. The van der Waals surface area contributed by atoms with Crippen molar-refractivity contribution in [2.24, 2.45) is 5.92 Å². The highest BCUT2D eigenvalue weighted by molar-refractivity contribution is 7.89. The molecule has 6 nitrogen and oxygen atoms in total. The zero-order valence-corrected chi connectivity index (χ0v) is 13.1. The van der Waals surface area contributed by atoms with Crippen molar-refractivity contribution in [2.75, 3.05) is 13.1 Å². The maximum Gasteiger partial charge on any atom is 0.270 e. The van der Waals surface area contributed by atoms with Gasteiger partial charge in [0.1, 0.15) is 4.90 Å². The molecule has 0 heterocycles. The molecule has 0 aromatic heterocycles. The predicted molar refractivity (Wildman–Crippen MR) is 77.4 cm³/mol. The van der Waals surface area contributed by atoms with Gasteiger partial charge in [-0.05, 0) is 12.0 Å². The SMILES string of the molecule is CCN(CC(C)C)S(=O)(=O)c1cc([N+](=O)[O-])ccc1Cl. The Labute approximate surface area is 123 Å². The van der Waals surface area contributed by atoms with Gasteiger partial charge in [-0.1, -0.05) is 32.4 Å². The van der Waals surface area contributed by atoms with Crippen LogP contribution < -0.4 is 0 Å². The van der Waals surface area contributed by atoms with Crippen molar-refractivity contribution in [1.29, 1.82) is 0 Å². The Kier molecular flexibility index (Phi) is 5.50. The van der Waals surface area contributed by atoms with Gasteiger partial charge >= 0.3 is 0 Å². The second-order valence-corrected chi connectivity index (χ2v) is 7.03. The molecule has 1 rings (SSSR count). The first kappa shape index (κ1) is 16.9. The lowest BCUT2D eigenvalue weighted by Gasteiger charge is -2.22. The van der Waals surface area contributed by atoms with Crippen molar-refractivity contribution >= 4 is 27.3 Å². The Morgan fingerprint density at radius 1 is 1.40 bits per heavy atom. The number of nitro groups is 1. The first-order valence-corrected chi connectivity index (χ1v) is 7.96. The molecule has 0 atom stereocenters. The van der Waals surface area contributed by atoms with Crippen LogP contribution in [0, 0.1) is 16.0 Å². The van der Waals surface area contributed by atoms with Crippen molar-refractivity contribution in [1.82, 2.24) is 4.31 Å². The van der Waals surface area contributed by atoms with E-state index in [0.29, 0.717) is 6.54 Å². The van der Waals surface area contributed by atoms with Gasteiger partial charge in [-0.2, -0.15) is 4.31 Å². The lowest BCUT2D eigenvalue weighted by atomic mass is 10.2. The Morgan fingerprint density at radius 2 is 2.00 bits per heavy atom. The van der Waals surface area contributed by atoms with Crippen LogP contribution in [0.5, 0.6) is 0 Å². The molecule has 0 spiro atoms. The van der Waals surface area contributed by atoms with E-state index in [1.54, 1.807) is 6.92 Å². The molecule has 0 aliphatic rings. The van der Waals surface area contributed by atoms with Gasteiger partial charge in [-0.3, -0.25) is 10.1 Å². The fraction of sp³-hybridized carbons (Fsp3) is 0.500. The number of sulfonamides is 1. The lowest BCUT2D eigenvalue weighted by Crippen LogP contribution is -2.34. The van der Waals surface area contributed by atoms with Crippen molar-refractivity contribution in [3.63, 3.8) is 0 Å². The Bertz CT molecular complexity index is 601. The number of rotatable bonds is 6. The van der Waals surface area contributed by atoms with Crippen molar-refractivity contribution in [3.8, 4) is 0 Å². The number of halogens is 1. The fourth-order valence-corrected chi connectivity index (χ4v) is 3.85. The van der Waals surface area contributed by atoms with E-state index in [-0.39, 0.29) is 28.1 Å². The summed E-state index contributed by atoms with van der Waals surface area (Å²) in [7, 11) is -3.84. The predicted octanol–water partition coefficient (Wildman–Crippen LogP) is 2.91. The molecule has 0 radical (unpaired) electrons. The average molecular weight is 321 g/mol. The number of hydrogen-bond donors (Lipinski definition) is 0. The largest absolute Gasteiger partial charge is 0.270 e. The van der Waals surface area contributed by atoms with Gasteiger partial charge in [0.05, 0.1) is 9.95 Å². The average Bonchev–Trinajstić information content (AvgIpc) is 2.35. The maximum absolute atomic E-state index is 12.5. The standard InChI is InChI=1S/C12H17ClN2O4S/c1-4-14(8-9(2)3)20(18,19)12-7-10(15(16)17)5-6-11(12)13/h5-7,9H,4,8H2,1-3H3. The number of non-ortho nitro benzene ring substituents is 1. The van der Waals surface area contributed by atoms with Crippen LogP contribution in [0.2, 0.25) is 5.02 Å². The summed E-state index contributed by atoms with van der Waals surface area (Å²) in [5.41, 5.74) is -0.298. The molecule has 0 saturated heterocycles. The summed E-state index contributed by atoms with van der Waals surface area (Å²) < 4.78 is 26.3. The Morgan fingerprint density at radius 3 is 2.45 bits per heavy atom. The van der Waals surface area contributed by atoms with Crippen molar-refractivity contribution in [2.45, 2.75) is 25.7 Å². The lowest BCUT2D eigenvalue weighted by molar-refractivity contribution is -0.385. The van der Waals surface area contributed by atoms with Gasteiger partial charge in [-0.25, -0.2) is 8.42 Å². The third-order valence-electron chi connectivity index (χ3n) is 2.66. The van der Waals surface area contributed by atoms with Crippen LogP contribution in [0.1, 0.15) is 20.8 Å². The number of nitro benzene ring substituents is 1. The summed E-state index contributed by atoms with van der Waals surface area (Å²) >= 11 is 5.89. The van der Waals surface area contributed by atoms with Crippen LogP contribution in [0.15, 0.2) is 23.1 Å². The molecule has 20 heavy (non-hydrogen) atoms. The van der Waals surface area contributed by atoms with Crippen LogP contribution in [-0.4, -0.2) is 30.7 Å². The summed E-state index contributed by atoms with van der Waals surface area (Å²) in [5, 5.41) is 10.7. The molecule has 8 heteroatoms. The van der Waals surface area contributed by atoms with Crippen LogP contribution in [0.4, 0.5) is 5.69 Å². The molecule has 0 fully saturated rings. The van der Waals surface area contributed by atoms with E-state index in [1.807, 2.05) is 13.8 Å². The third kappa shape index (κ3) is 3.68. The minimum absolute atomic E-state index is 0.0159. The molecule has 0 saturated carbocycles. The van der Waals surface area contributed by atoms with Gasteiger partial charge in [0.15, 0.2) is 0 Å². The quantitative estimate of drug-likeness (QED) is 0.596. The van der Waals surface area contributed by atoms with Gasteiger partial charge in [-0.15, -0.1) is 0 Å². The molecule has 0 amide bonds. The van der Waals surface area contributed by atoms with Crippen molar-refractivity contribution in [3.05, 3.63) is 33.3 Å². The van der Waals surface area contributed by atoms with Crippen molar-refractivity contribution < 1.29 is 13.3 Å². The van der Waals surface area contributed by atoms with E-state index in [9.17, 15) is 18.5 Å². The second-order valence-electron chi connectivity index (χ2n) is 4.72. The highest BCUT2D eigenvalue weighted by Gasteiger charge is 2.28. The Hall–Kier alpha value is -1.18. The summed E-state index contributed by atoms with van der Waals surface area (Å²) in [6, 6.07) is 3.41. The van der Waals surface area contributed by atoms with Gasteiger partial charge in [0, 0.05) is 25.2 Å². The van der Waals surface area contributed by atoms with Gasteiger partial charge < -0.3 is 0 Å². The molecular formula is C12H17ClN2O4S. The Balaban J connectivity index is 3.33. The minimum Gasteiger partial charge on any atom is -0.258 e. The zero-order chi connectivity index (χ0) is 15.5. The first-order chi connectivity index (χ1) is 9.20. The molecule has 1 aromatic rings. The fourth-order valence-electron chi connectivity index (χ4n) is 1.75. The molecule has 0 unspecified atom stereocenters. The molecule has 0 N–H and O–H groups in total. The number of benzene rings is 1. The minimum atomic E-state index is -3.84. The van der Waals surface area contributed by atoms with Crippen LogP contribution in [-0.2, 0) is 10.0 Å². The summed E-state index contributed by atoms with van der Waals surface area (Å²) in [4.78, 5) is 9.89. The molecule has 0 aliphatic carbocycles. The van der Waals surface area contributed by atoms with E-state index in [0.717, 1.165) is 6.07 Å². The third-order valence-corrected chi connectivity index (χ3v) is 5.09. The molecular weight excluding hydrogens is 304 g/mol. The van der Waals surface area contributed by atoms with Gasteiger partial charge in [0.2, 0.25) is 10.0 Å². The van der Waals surface area contributed by atoms with E-state index in [2.05, 4.69) is 0 Å². The highest BCUT2D eigenvalue weighted by atomic mass is 35.5. The van der Waals surface area contributed by atoms with E-state index < -0.39 is 14.9 Å². The summed E-state index contributed by atoms with van der Waals surface area (Å²) in [6.45, 7) is 6.11. The molecule has 112 valence electrons. The zero-order valence-electron chi connectivity index (χ0n) is 11.5. The number of hydrogen-bond acceptors (Lipinski definition) is 4. The van der Waals surface area contributed by atoms with Crippen LogP contribution in [0.3, 0.4) is 0 Å². The summed E-state index contributed by atoms with van der Waals surface area (Å²) in [5.74, 6) is 0.141. The van der Waals surface area contributed by atoms with Gasteiger partial charge in [0.25, 0.3) is 5.69 Å². The highest BCUT2D eigenvalue weighted by Crippen LogP contribution is 2.28. The second kappa shape index (κ2) is 6.51. The van der Waals surface area contributed by atoms with E-state index in [1.165, 1.54) is 16.4 Å². The first-order valence-electron chi connectivity index (χ1n) is 6.14. The molecule has 0 bridgehead atoms. The number of nitrogens with zero attached hydrogens (tertiary/aromatic N) is 2. The van der Waals surface area contributed by atoms with Crippen LogP contribution >= 0.6 is 11.6 Å².